The van der Waals surface area contributed by atoms with E-state index in [9.17, 15) is 0 Å². The van der Waals surface area contributed by atoms with Gasteiger partial charge in [-0.3, -0.25) is 4.99 Å². The molecule has 0 aromatic rings. The molecule has 0 heterocycles. The number of hydrogen-bond acceptors (Lipinski definition) is 2. The van der Waals surface area contributed by atoms with Crippen LogP contribution in [-0.2, 0) is 4.74 Å². The fraction of sp³-hybridized carbons (Fsp3) is 0.929. The molecule has 0 aliphatic rings. The Kier molecular flexibility index (Phi) is 13.7. The second-order valence-electron chi connectivity index (χ2n) is 4.36. The van der Waals surface area contributed by atoms with Gasteiger partial charge in [-0.25, -0.2) is 0 Å². The van der Waals surface area contributed by atoms with Gasteiger partial charge in [-0.05, 0) is 26.2 Å². The Morgan fingerprint density at radius 1 is 0.944 bits per heavy atom. The smallest absolute Gasteiger partial charge is 0.191 e. The molecule has 0 spiro atoms. The summed E-state index contributed by atoms with van der Waals surface area (Å²) in [5.41, 5.74) is 0. The third-order valence-corrected chi connectivity index (χ3v) is 2.53. The molecule has 108 valence electrons. The molecule has 0 rings (SSSR count). The van der Waals surface area contributed by atoms with Crippen LogP contribution in [0.5, 0.6) is 0 Å². The Morgan fingerprint density at radius 3 is 2.33 bits per heavy atom. The number of aliphatic imine (C=N–C) groups is 1. The molecule has 0 aliphatic carbocycles. The molecule has 0 saturated heterocycles. The number of nitrogens with one attached hydrogen (secondary N) is 2. The van der Waals surface area contributed by atoms with Crippen LogP contribution >= 0.6 is 0 Å². The Morgan fingerprint density at radius 2 is 1.67 bits per heavy atom. The van der Waals surface area contributed by atoms with Gasteiger partial charge in [-0.15, -0.1) is 0 Å². The van der Waals surface area contributed by atoms with E-state index in [0.717, 1.165) is 51.6 Å². The molecule has 0 aromatic heterocycles. The van der Waals surface area contributed by atoms with E-state index < -0.39 is 0 Å². The molecule has 0 bridgehead atoms. The number of ether oxygens (including phenoxy) is 1. The lowest BCUT2D eigenvalue weighted by atomic mass is 10.3. The van der Waals surface area contributed by atoms with Crippen molar-refractivity contribution >= 4 is 5.96 Å². The minimum atomic E-state index is 0.817. The van der Waals surface area contributed by atoms with Crippen LogP contribution in [0, 0.1) is 0 Å². The van der Waals surface area contributed by atoms with E-state index >= 15 is 0 Å². The highest BCUT2D eigenvalue weighted by atomic mass is 16.5. The third-order valence-electron chi connectivity index (χ3n) is 2.53. The SMILES string of the molecule is CCCCNC(=NCCCOCCCC)NCC. The van der Waals surface area contributed by atoms with E-state index in [4.69, 9.17) is 4.74 Å². The van der Waals surface area contributed by atoms with Gasteiger partial charge in [0.25, 0.3) is 0 Å². The van der Waals surface area contributed by atoms with Crippen molar-refractivity contribution < 1.29 is 4.74 Å². The van der Waals surface area contributed by atoms with Crippen molar-refractivity contribution in [2.24, 2.45) is 4.99 Å². The van der Waals surface area contributed by atoms with Crippen molar-refractivity contribution in [2.45, 2.75) is 52.9 Å². The molecule has 0 fully saturated rings. The average molecular weight is 257 g/mol. The summed E-state index contributed by atoms with van der Waals surface area (Å²) < 4.78 is 5.50. The Balaban J connectivity index is 3.59. The summed E-state index contributed by atoms with van der Waals surface area (Å²) in [6.45, 7) is 10.9. The minimum absolute atomic E-state index is 0.817. The van der Waals surface area contributed by atoms with Gasteiger partial charge < -0.3 is 15.4 Å². The standard InChI is InChI=1S/C14H31N3O/c1-4-7-10-16-14(15-6-3)17-11-9-13-18-12-8-5-2/h4-13H2,1-3H3,(H2,15,16,17). The van der Waals surface area contributed by atoms with Gasteiger partial charge in [0.1, 0.15) is 0 Å². The first-order chi connectivity index (χ1) is 8.85. The Bertz CT molecular complexity index is 195. The predicted molar refractivity (Wildman–Crippen MR) is 79.2 cm³/mol. The van der Waals surface area contributed by atoms with Crippen molar-refractivity contribution in [1.82, 2.24) is 10.6 Å². The molecule has 0 radical (unpaired) electrons. The second-order valence-corrected chi connectivity index (χ2v) is 4.36. The number of unbranched alkanes of at least 4 members (excludes halogenated alkanes) is 2. The highest BCUT2D eigenvalue weighted by Gasteiger charge is 1.95. The molecule has 0 unspecified atom stereocenters. The maximum Gasteiger partial charge on any atom is 0.191 e. The van der Waals surface area contributed by atoms with Crippen LogP contribution in [0.15, 0.2) is 4.99 Å². The molecule has 2 N–H and O–H groups in total. The summed E-state index contributed by atoms with van der Waals surface area (Å²) in [4.78, 5) is 4.52. The predicted octanol–water partition coefficient (Wildman–Crippen LogP) is 2.55. The maximum absolute atomic E-state index is 5.50. The first kappa shape index (κ1) is 17.2. The van der Waals surface area contributed by atoms with Crippen LogP contribution in [0.3, 0.4) is 0 Å². The first-order valence-corrected chi connectivity index (χ1v) is 7.45. The lowest BCUT2D eigenvalue weighted by molar-refractivity contribution is 0.130. The highest BCUT2D eigenvalue weighted by molar-refractivity contribution is 5.79. The van der Waals surface area contributed by atoms with Crippen LogP contribution in [0.4, 0.5) is 0 Å². The summed E-state index contributed by atoms with van der Waals surface area (Å²) in [5, 5.41) is 6.58. The highest BCUT2D eigenvalue weighted by Crippen LogP contribution is 1.90. The zero-order valence-electron chi connectivity index (χ0n) is 12.4. The van der Waals surface area contributed by atoms with Gasteiger partial charge in [0.15, 0.2) is 5.96 Å². The Labute approximate surface area is 113 Å². The van der Waals surface area contributed by atoms with Crippen LogP contribution in [0.1, 0.15) is 52.9 Å². The summed E-state index contributed by atoms with van der Waals surface area (Å²) in [5.74, 6) is 0.930. The molecule has 0 aromatic carbocycles. The van der Waals surface area contributed by atoms with Gasteiger partial charge in [-0.1, -0.05) is 26.7 Å². The van der Waals surface area contributed by atoms with Gasteiger partial charge in [-0.2, -0.15) is 0 Å². The van der Waals surface area contributed by atoms with Crippen molar-refractivity contribution in [3.8, 4) is 0 Å². The van der Waals surface area contributed by atoms with Gasteiger partial charge in [0, 0.05) is 32.8 Å². The van der Waals surface area contributed by atoms with E-state index in [-0.39, 0.29) is 0 Å². The summed E-state index contributed by atoms with van der Waals surface area (Å²) in [6.07, 6.45) is 5.74. The quantitative estimate of drug-likeness (QED) is 0.340. The van der Waals surface area contributed by atoms with Gasteiger partial charge in [0.2, 0.25) is 0 Å². The average Bonchev–Trinajstić information content (AvgIpc) is 2.38. The molecule has 0 aliphatic heterocycles. The topological polar surface area (TPSA) is 45.7 Å². The molecular formula is C14H31N3O. The lowest BCUT2D eigenvalue weighted by Crippen LogP contribution is -2.37. The summed E-state index contributed by atoms with van der Waals surface area (Å²) >= 11 is 0. The number of nitrogens with zero attached hydrogens (tertiary/aromatic N) is 1. The van der Waals surface area contributed by atoms with Crippen molar-refractivity contribution in [3.05, 3.63) is 0 Å². The zero-order valence-corrected chi connectivity index (χ0v) is 12.4. The van der Waals surface area contributed by atoms with Crippen LogP contribution in [-0.4, -0.2) is 38.8 Å². The van der Waals surface area contributed by atoms with E-state index in [1.165, 1.54) is 19.3 Å². The van der Waals surface area contributed by atoms with E-state index in [1.54, 1.807) is 0 Å². The summed E-state index contributed by atoms with van der Waals surface area (Å²) in [7, 11) is 0. The lowest BCUT2D eigenvalue weighted by Gasteiger charge is -2.10. The van der Waals surface area contributed by atoms with E-state index in [2.05, 4.69) is 36.4 Å². The van der Waals surface area contributed by atoms with Crippen LogP contribution in [0.25, 0.3) is 0 Å². The number of rotatable bonds is 11. The van der Waals surface area contributed by atoms with Crippen LogP contribution in [0.2, 0.25) is 0 Å². The molecule has 0 saturated carbocycles. The number of guanidine groups is 1. The van der Waals surface area contributed by atoms with Crippen LogP contribution < -0.4 is 10.6 Å². The normalized spacial score (nSPS) is 11.6. The zero-order chi connectivity index (χ0) is 13.5. The minimum Gasteiger partial charge on any atom is -0.381 e. The Hall–Kier alpha value is -0.770. The molecule has 18 heavy (non-hydrogen) atoms. The fourth-order valence-electron chi connectivity index (χ4n) is 1.43. The monoisotopic (exact) mass is 257 g/mol. The molecule has 0 amide bonds. The van der Waals surface area contributed by atoms with Gasteiger partial charge in [0.05, 0.1) is 0 Å². The van der Waals surface area contributed by atoms with Crippen molar-refractivity contribution in [2.75, 3.05) is 32.8 Å². The first-order valence-electron chi connectivity index (χ1n) is 7.45. The molecule has 4 nitrogen and oxygen atoms in total. The van der Waals surface area contributed by atoms with Crippen molar-refractivity contribution in [3.63, 3.8) is 0 Å². The van der Waals surface area contributed by atoms with E-state index in [0.29, 0.717) is 0 Å². The number of hydrogen-bond donors (Lipinski definition) is 2. The maximum atomic E-state index is 5.50. The molecule has 4 heteroatoms. The molecule has 0 atom stereocenters. The molecular weight excluding hydrogens is 226 g/mol. The van der Waals surface area contributed by atoms with Gasteiger partial charge >= 0.3 is 0 Å². The van der Waals surface area contributed by atoms with E-state index in [1.807, 2.05) is 0 Å². The van der Waals surface area contributed by atoms with Crippen molar-refractivity contribution in [1.29, 1.82) is 0 Å². The second kappa shape index (κ2) is 14.3. The largest absolute Gasteiger partial charge is 0.381 e. The third kappa shape index (κ3) is 11.7. The summed E-state index contributed by atoms with van der Waals surface area (Å²) in [6, 6.07) is 0. The fourth-order valence-corrected chi connectivity index (χ4v) is 1.43.